The van der Waals surface area contributed by atoms with E-state index in [0.717, 1.165) is 42.2 Å². The van der Waals surface area contributed by atoms with Crippen molar-refractivity contribution in [3.8, 4) is 5.75 Å². The highest BCUT2D eigenvalue weighted by atomic mass is 16.5. The van der Waals surface area contributed by atoms with Crippen LogP contribution in [0.25, 0.3) is 0 Å². The van der Waals surface area contributed by atoms with Crippen molar-refractivity contribution in [3.05, 3.63) is 29.3 Å². The summed E-state index contributed by atoms with van der Waals surface area (Å²) >= 11 is 0. The van der Waals surface area contributed by atoms with Gasteiger partial charge in [-0.1, -0.05) is 12.1 Å². The minimum Gasteiger partial charge on any atom is -0.491 e. The Morgan fingerprint density at radius 3 is 2.84 bits per heavy atom. The van der Waals surface area contributed by atoms with E-state index in [-0.39, 0.29) is 18.2 Å². The predicted molar refractivity (Wildman–Crippen MR) is 97.8 cm³/mol. The molecule has 0 spiro atoms. The van der Waals surface area contributed by atoms with E-state index in [1.54, 1.807) is 0 Å². The molecule has 2 aliphatic rings. The summed E-state index contributed by atoms with van der Waals surface area (Å²) in [5, 5.41) is 6.07. The lowest BCUT2D eigenvalue weighted by Gasteiger charge is -2.30. The fourth-order valence-electron chi connectivity index (χ4n) is 3.34. The van der Waals surface area contributed by atoms with Crippen LogP contribution in [-0.4, -0.2) is 30.9 Å². The third-order valence-electron chi connectivity index (χ3n) is 4.82. The maximum absolute atomic E-state index is 12.3. The van der Waals surface area contributed by atoms with E-state index < -0.39 is 0 Å². The minimum absolute atomic E-state index is 0.107. The molecule has 1 saturated heterocycles. The summed E-state index contributed by atoms with van der Waals surface area (Å²) in [5.41, 5.74) is 2.15. The molecule has 2 fully saturated rings. The van der Waals surface area contributed by atoms with Crippen molar-refractivity contribution >= 4 is 6.03 Å². The van der Waals surface area contributed by atoms with E-state index in [1.165, 1.54) is 12.8 Å². The Bertz CT molecular complexity index is 599. The molecule has 2 N–H and O–H groups in total. The molecule has 1 aliphatic carbocycles. The number of nitrogens with one attached hydrogen (secondary N) is 2. The van der Waals surface area contributed by atoms with Crippen molar-refractivity contribution in [2.24, 2.45) is 5.92 Å². The second-order valence-corrected chi connectivity index (χ2v) is 7.57. The Kier molecular flexibility index (Phi) is 5.84. The van der Waals surface area contributed by atoms with E-state index in [1.807, 2.05) is 39.0 Å². The van der Waals surface area contributed by atoms with Gasteiger partial charge < -0.3 is 20.1 Å². The van der Waals surface area contributed by atoms with Gasteiger partial charge in [-0.25, -0.2) is 4.79 Å². The maximum Gasteiger partial charge on any atom is 0.315 e. The van der Waals surface area contributed by atoms with Crippen LogP contribution in [0.1, 0.15) is 50.7 Å². The predicted octanol–water partition coefficient (Wildman–Crippen LogP) is 3.54. The van der Waals surface area contributed by atoms with E-state index in [4.69, 9.17) is 9.47 Å². The summed E-state index contributed by atoms with van der Waals surface area (Å²) in [6, 6.07) is 6.18. The molecule has 2 amide bonds. The first-order valence-electron chi connectivity index (χ1n) is 9.43. The van der Waals surface area contributed by atoms with Crippen LogP contribution in [-0.2, 0) is 11.3 Å². The van der Waals surface area contributed by atoms with E-state index in [2.05, 4.69) is 10.6 Å². The Labute approximate surface area is 150 Å². The van der Waals surface area contributed by atoms with Crippen LogP contribution in [0.4, 0.5) is 4.79 Å². The molecule has 5 nitrogen and oxygen atoms in total. The summed E-state index contributed by atoms with van der Waals surface area (Å²) in [4.78, 5) is 12.3. The van der Waals surface area contributed by atoms with Crippen LogP contribution < -0.4 is 15.4 Å². The van der Waals surface area contributed by atoms with Crippen molar-refractivity contribution < 1.29 is 14.3 Å². The highest BCUT2D eigenvalue weighted by molar-refractivity contribution is 5.74. The van der Waals surface area contributed by atoms with Gasteiger partial charge in [-0.3, -0.25) is 0 Å². The molecule has 0 unspecified atom stereocenters. The van der Waals surface area contributed by atoms with Gasteiger partial charge in [0, 0.05) is 24.8 Å². The SMILES string of the molecule is Cc1ccc(CNC(=O)N[C@@H]2CCO[C@H](C3CC3)C2)c(OC(C)C)c1. The fourth-order valence-corrected chi connectivity index (χ4v) is 3.34. The number of benzene rings is 1. The first kappa shape index (κ1) is 18.1. The third-order valence-corrected chi connectivity index (χ3v) is 4.82. The number of ether oxygens (including phenoxy) is 2. The van der Waals surface area contributed by atoms with Crippen molar-refractivity contribution in [1.82, 2.24) is 10.6 Å². The summed E-state index contributed by atoms with van der Waals surface area (Å²) < 4.78 is 11.7. The van der Waals surface area contributed by atoms with Gasteiger partial charge in [0.1, 0.15) is 5.75 Å². The molecular formula is C20H30N2O3. The number of amides is 2. The summed E-state index contributed by atoms with van der Waals surface area (Å²) in [6.07, 6.45) is 4.82. The number of urea groups is 1. The van der Waals surface area contributed by atoms with E-state index in [9.17, 15) is 4.79 Å². The van der Waals surface area contributed by atoms with Gasteiger partial charge in [0.25, 0.3) is 0 Å². The second kappa shape index (κ2) is 8.09. The lowest BCUT2D eigenvalue weighted by molar-refractivity contribution is -0.00914. The third kappa shape index (κ3) is 5.36. The molecule has 0 bridgehead atoms. The lowest BCUT2D eigenvalue weighted by atomic mass is 10.0. The molecule has 0 radical (unpaired) electrons. The van der Waals surface area contributed by atoms with Crippen molar-refractivity contribution in [3.63, 3.8) is 0 Å². The monoisotopic (exact) mass is 346 g/mol. The average Bonchev–Trinajstić information content (AvgIpc) is 3.39. The van der Waals surface area contributed by atoms with Gasteiger partial charge in [0.15, 0.2) is 0 Å². The minimum atomic E-state index is -0.113. The number of carbonyl (C=O) groups is 1. The Morgan fingerprint density at radius 1 is 1.32 bits per heavy atom. The number of rotatable bonds is 6. The van der Waals surface area contributed by atoms with Crippen molar-refractivity contribution in [1.29, 1.82) is 0 Å². The van der Waals surface area contributed by atoms with Crippen LogP contribution in [0.2, 0.25) is 0 Å². The normalized spacial score (nSPS) is 23.4. The number of carbonyl (C=O) groups excluding carboxylic acids is 1. The largest absolute Gasteiger partial charge is 0.491 e. The van der Waals surface area contributed by atoms with Crippen LogP contribution >= 0.6 is 0 Å². The Hall–Kier alpha value is -1.75. The number of aryl methyl sites for hydroxylation is 1. The second-order valence-electron chi connectivity index (χ2n) is 7.57. The van der Waals surface area contributed by atoms with E-state index in [0.29, 0.717) is 12.6 Å². The van der Waals surface area contributed by atoms with Gasteiger partial charge in [-0.2, -0.15) is 0 Å². The van der Waals surface area contributed by atoms with Crippen molar-refractivity contribution in [2.75, 3.05) is 6.61 Å². The molecule has 1 saturated carbocycles. The number of hydrogen-bond acceptors (Lipinski definition) is 3. The Morgan fingerprint density at radius 2 is 2.12 bits per heavy atom. The first-order valence-corrected chi connectivity index (χ1v) is 9.43. The Balaban J connectivity index is 1.50. The molecular weight excluding hydrogens is 316 g/mol. The average molecular weight is 346 g/mol. The van der Waals surface area contributed by atoms with Gasteiger partial charge in [0.2, 0.25) is 0 Å². The zero-order valence-corrected chi connectivity index (χ0v) is 15.5. The highest BCUT2D eigenvalue weighted by Gasteiger charge is 2.36. The van der Waals surface area contributed by atoms with Gasteiger partial charge in [-0.05, 0) is 64.0 Å². The molecule has 3 rings (SSSR count). The topological polar surface area (TPSA) is 59.6 Å². The lowest BCUT2D eigenvalue weighted by Crippen LogP contribution is -2.46. The fraction of sp³-hybridized carbons (Fsp3) is 0.650. The van der Waals surface area contributed by atoms with Crippen LogP contribution in [0.15, 0.2) is 18.2 Å². The molecule has 25 heavy (non-hydrogen) atoms. The molecule has 1 aliphatic heterocycles. The van der Waals surface area contributed by atoms with Gasteiger partial charge in [0.05, 0.1) is 12.2 Å². The van der Waals surface area contributed by atoms with Crippen LogP contribution in [0.5, 0.6) is 5.75 Å². The first-order chi connectivity index (χ1) is 12.0. The standard InChI is InChI=1S/C20H30N2O3/c1-13(2)25-19-10-14(3)4-5-16(19)12-21-20(23)22-17-8-9-24-18(11-17)15-6-7-15/h4-5,10,13,15,17-18H,6-9,11-12H2,1-3H3,(H2,21,22,23)/t17-,18+/m1/s1. The summed E-state index contributed by atoms with van der Waals surface area (Å²) in [6.45, 7) is 7.26. The summed E-state index contributed by atoms with van der Waals surface area (Å²) in [5.74, 6) is 1.56. The van der Waals surface area contributed by atoms with Crippen molar-refractivity contribution in [2.45, 2.75) is 71.2 Å². The molecule has 138 valence electrons. The molecule has 1 aromatic carbocycles. The molecule has 0 aromatic heterocycles. The smallest absolute Gasteiger partial charge is 0.315 e. The molecule has 1 aromatic rings. The van der Waals surface area contributed by atoms with Gasteiger partial charge >= 0.3 is 6.03 Å². The molecule has 2 atom stereocenters. The molecule has 1 heterocycles. The van der Waals surface area contributed by atoms with Crippen LogP contribution in [0.3, 0.4) is 0 Å². The molecule has 5 heteroatoms. The van der Waals surface area contributed by atoms with Crippen LogP contribution in [0, 0.1) is 12.8 Å². The van der Waals surface area contributed by atoms with Gasteiger partial charge in [-0.15, -0.1) is 0 Å². The zero-order valence-electron chi connectivity index (χ0n) is 15.5. The maximum atomic E-state index is 12.3. The van der Waals surface area contributed by atoms with E-state index >= 15 is 0 Å². The summed E-state index contributed by atoms with van der Waals surface area (Å²) in [7, 11) is 0. The highest BCUT2D eigenvalue weighted by Crippen LogP contribution is 2.38. The zero-order chi connectivity index (χ0) is 17.8. The number of hydrogen-bond donors (Lipinski definition) is 2. The quantitative estimate of drug-likeness (QED) is 0.828.